The second kappa shape index (κ2) is 8.49. The Morgan fingerprint density at radius 1 is 0.550 bits per heavy atom. The van der Waals surface area contributed by atoms with E-state index in [1.165, 1.54) is 63.2 Å². The van der Waals surface area contributed by atoms with E-state index in [1.807, 2.05) is 23.1 Å². The predicted octanol–water partition coefficient (Wildman–Crippen LogP) is 11.6. The van der Waals surface area contributed by atoms with Crippen molar-refractivity contribution >= 4 is 82.3 Å². The summed E-state index contributed by atoms with van der Waals surface area (Å²) in [5.41, 5.74) is 7.80. The Morgan fingerprint density at radius 3 is 2.12 bits per heavy atom. The molecular weight excluding hydrogens is 527 g/mol. The Balaban J connectivity index is 1.30. The first-order valence-corrected chi connectivity index (χ1v) is 15.0. The summed E-state index contributed by atoms with van der Waals surface area (Å²) in [4.78, 5) is 4.92. The highest BCUT2D eigenvalue weighted by Crippen LogP contribution is 2.52. The molecule has 0 spiro atoms. The van der Waals surface area contributed by atoms with Crippen molar-refractivity contribution in [1.82, 2.24) is 0 Å². The maximum atomic E-state index is 6.45. The summed E-state index contributed by atoms with van der Waals surface area (Å²) in [6.45, 7) is 0. The lowest BCUT2D eigenvalue weighted by atomic mass is 9.98. The number of benzene rings is 6. The van der Waals surface area contributed by atoms with Gasteiger partial charge < -0.3 is 9.32 Å². The van der Waals surface area contributed by atoms with Crippen molar-refractivity contribution in [1.29, 1.82) is 0 Å². The van der Waals surface area contributed by atoms with Crippen LogP contribution in [-0.4, -0.2) is 0 Å². The first kappa shape index (κ1) is 22.3. The lowest BCUT2D eigenvalue weighted by Gasteiger charge is -2.33. The number of rotatable bonds is 2. The zero-order chi connectivity index (χ0) is 26.2. The fourth-order valence-electron chi connectivity index (χ4n) is 6.12. The molecule has 0 bridgehead atoms. The van der Waals surface area contributed by atoms with E-state index in [1.54, 1.807) is 0 Å². The van der Waals surface area contributed by atoms with Crippen molar-refractivity contribution in [2.45, 2.75) is 9.79 Å². The minimum atomic E-state index is 0.924. The average Bonchev–Trinajstić information content (AvgIpc) is 3.58. The Labute approximate surface area is 239 Å². The van der Waals surface area contributed by atoms with E-state index in [9.17, 15) is 0 Å². The highest BCUT2D eigenvalue weighted by Gasteiger charge is 2.25. The number of nitrogens with zero attached hydrogens (tertiary/aromatic N) is 1. The molecule has 1 aliphatic rings. The minimum absolute atomic E-state index is 0.924. The van der Waals surface area contributed by atoms with Crippen molar-refractivity contribution in [3.8, 4) is 11.1 Å². The van der Waals surface area contributed by atoms with Crippen molar-refractivity contribution in [2.24, 2.45) is 0 Å². The summed E-state index contributed by atoms with van der Waals surface area (Å²) < 4.78 is 9.05. The third-order valence-corrected chi connectivity index (χ3v) is 10.2. The van der Waals surface area contributed by atoms with Gasteiger partial charge in [0.15, 0.2) is 0 Å². The van der Waals surface area contributed by atoms with Gasteiger partial charge in [-0.25, -0.2) is 0 Å². The second-order valence-corrected chi connectivity index (χ2v) is 12.3. The Kier molecular flexibility index (Phi) is 4.74. The predicted molar refractivity (Wildman–Crippen MR) is 171 cm³/mol. The van der Waals surface area contributed by atoms with E-state index < -0.39 is 0 Å². The molecule has 3 heterocycles. The van der Waals surface area contributed by atoms with Gasteiger partial charge in [0, 0.05) is 46.4 Å². The molecule has 0 radical (unpaired) electrons. The molecule has 0 aliphatic carbocycles. The highest BCUT2D eigenvalue weighted by atomic mass is 32.2. The first-order chi connectivity index (χ1) is 19.8. The van der Waals surface area contributed by atoms with Crippen LogP contribution < -0.4 is 4.90 Å². The van der Waals surface area contributed by atoms with Crippen LogP contribution in [0, 0.1) is 0 Å². The first-order valence-electron chi connectivity index (χ1n) is 13.4. The van der Waals surface area contributed by atoms with E-state index in [0.29, 0.717) is 0 Å². The molecule has 0 amide bonds. The van der Waals surface area contributed by atoms with Crippen LogP contribution in [0.5, 0.6) is 0 Å². The molecule has 9 rings (SSSR count). The quantitative estimate of drug-likeness (QED) is 0.214. The maximum absolute atomic E-state index is 6.45. The van der Waals surface area contributed by atoms with Crippen LogP contribution in [0.1, 0.15) is 0 Å². The van der Waals surface area contributed by atoms with Gasteiger partial charge in [0.1, 0.15) is 11.2 Å². The van der Waals surface area contributed by atoms with Crippen LogP contribution in [0.3, 0.4) is 0 Å². The number of para-hydroxylation sites is 2. The molecule has 2 aromatic heterocycles. The molecule has 0 atom stereocenters. The zero-order valence-corrected chi connectivity index (χ0v) is 22.9. The average molecular weight is 548 g/mol. The van der Waals surface area contributed by atoms with Crippen LogP contribution in [0.2, 0.25) is 0 Å². The fraction of sp³-hybridized carbons (Fsp3) is 0. The largest absolute Gasteiger partial charge is 0.456 e. The SMILES string of the molecule is c1cc(-c2cccc3oc4ccc5c6ccccc6sc5c4c23)cc(N2c3ccccc3Sc3ccccc32)c1. The summed E-state index contributed by atoms with van der Waals surface area (Å²) in [5.74, 6) is 0. The molecular formula is C36H21NOS2. The summed E-state index contributed by atoms with van der Waals surface area (Å²) in [7, 11) is 0. The Bertz CT molecular complexity index is 2230. The number of anilines is 3. The number of hydrogen-bond acceptors (Lipinski definition) is 4. The fourth-order valence-corrected chi connectivity index (χ4v) is 8.43. The third-order valence-electron chi connectivity index (χ3n) is 7.85. The standard InChI is InChI=1S/C36H21NOS2/c1-4-16-31-25(11-1)26-19-20-30-35(36(26)40-31)34-24(12-8-15-29(34)38-30)22-9-7-10-23(21-22)37-27-13-2-5-17-32(27)39-33-18-6-3-14-28(33)37/h1-21H. The molecule has 1 aliphatic heterocycles. The van der Waals surface area contributed by atoms with Crippen LogP contribution in [0.25, 0.3) is 53.2 Å². The van der Waals surface area contributed by atoms with Crippen LogP contribution in [0.15, 0.2) is 142 Å². The molecule has 0 fully saturated rings. The normalized spacial score (nSPS) is 12.8. The van der Waals surface area contributed by atoms with Gasteiger partial charge in [0.05, 0.1) is 11.4 Å². The Hall–Kier alpha value is -4.51. The van der Waals surface area contributed by atoms with Crippen LogP contribution in [-0.2, 0) is 0 Å². The summed E-state index contributed by atoms with van der Waals surface area (Å²) in [5, 5.41) is 4.98. The number of furan rings is 1. The van der Waals surface area contributed by atoms with Gasteiger partial charge in [0.25, 0.3) is 0 Å². The van der Waals surface area contributed by atoms with E-state index in [2.05, 4.69) is 132 Å². The van der Waals surface area contributed by atoms with Gasteiger partial charge in [-0.05, 0) is 71.8 Å². The molecule has 2 nitrogen and oxygen atoms in total. The molecule has 8 aromatic rings. The number of thiophene rings is 1. The van der Waals surface area contributed by atoms with E-state index >= 15 is 0 Å². The maximum Gasteiger partial charge on any atom is 0.136 e. The second-order valence-electron chi connectivity index (χ2n) is 10.1. The Morgan fingerprint density at radius 2 is 1.27 bits per heavy atom. The lowest BCUT2D eigenvalue weighted by Crippen LogP contribution is -2.14. The van der Waals surface area contributed by atoms with Gasteiger partial charge in [0.2, 0.25) is 0 Å². The van der Waals surface area contributed by atoms with Gasteiger partial charge in [-0.2, -0.15) is 0 Å². The molecule has 40 heavy (non-hydrogen) atoms. The molecule has 188 valence electrons. The smallest absolute Gasteiger partial charge is 0.136 e. The molecule has 0 saturated heterocycles. The molecule has 4 heteroatoms. The van der Waals surface area contributed by atoms with Crippen molar-refractivity contribution < 1.29 is 4.42 Å². The van der Waals surface area contributed by atoms with Gasteiger partial charge in [-0.15, -0.1) is 11.3 Å². The molecule has 6 aromatic carbocycles. The molecule has 0 saturated carbocycles. The van der Waals surface area contributed by atoms with E-state index in [0.717, 1.165) is 16.9 Å². The van der Waals surface area contributed by atoms with E-state index in [4.69, 9.17) is 4.42 Å². The van der Waals surface area contributed by atoms with Crippen molar-refractivity contribution in [2.75, 3.05) is 4.90 Å². The highest BCUT2D eigenvalue weighted by molar-refractivity contribution is 7.99. The van der Waals surface area contributed by atoms with Crippen molar-refractivity contribution in [3.05, 3.63) is 127 Å². The lowest BCUT2D eigenvalue weighted by molar-refractivity contribution is 0.669. The van der Waals surface area contributed by atoms with Gasteiger partial charge in [-0.1, -0.05) is 78.5 Å². The van der Waals surface area contributed by atoms with Gasteiger partial charge in [-0.3, -0.25) is 0 Å². The summed E-state index contributed by atoms with van der Waals surface area (Å²) >= 11 is 3.69. The molecule has 0 unspecified atom stereocenters. The molecule has 0 N–H and O–H groups in total. The number of hydrogen-bond donors (Lipinski definition) is 0. The van der Waals surface area contributed by atoms with Gasteiger partial charge >= 0.3 is 0 Å². The van der Waals surface area contributed by atoms with Crippen LogP contribution in [0.4, 0.5) is 17.1 Å². The topological polar surface area (TPSA) is 16.4 Å². The van der Waals surface area contributed by atoms with Crippen molar-refractivity contribution in [3.63, 3.8) is 0 Å². The monoisotopic (exact) mass is 547 g/mol. The minimum Gasteiger partial charge on any atom is -0.456 e. The zero-order valence-electron chi connectivity index (χ0n) is 21.3. The van der Waals surface area contributed by atoms with E-state index in [-0.39, 0.29) is 0 Å². The third kappa shape index (κ3) is 3.18. The summed E-state index contributed by atoms with van der Waals surface area (Å²) in [6, 6.07) is 45.7. The number of fused-ring (bicyclic) bond motifs is 9. The van der Waals surface area contributed by atoms with Crippen LogP contribution >= 0.6 is 23.1 Å². The summed E-state index contributed by atoms with van der Waals surface area (Å²) in [6.07, 6.45) is 0.